The summed E-state index contributed by atoms with van der Waals surface area (Å²) in [5, 5.41) is 8.24. The molecule has 0 saturated heterocycles. The van der Waals surface area contributed by atoms with Crippen molar-refractivity contribution in [1.82, 2.24) is 0 Å². The fourth-order valence-electron chi connectivity index (χ4n) is 1.78. The average molecular weight is 254 g/mol. The second-order valence-electron chi connectivity index (χ2n) is 4.04. The molecule has 1 N–H and O–H groups in total. The maximum absolute atomic E-state index is 12.2. The lowest BCUT2D eigenvalue weighted by Gasteiger charge is -2.03. The molecule has 0 aliphatic heterocycles. The van der Waals surface area contributed by atoms with Gasteiger partial charge in [-0.15, -0.1) is 0 Å². The van der Waals surface area contributed by atoms with E-state index in [1.54, 1.807) is 48.5 Å². The van der Waals surface area contributed by atoms with Crippen LogP contribution in [0.3, 0.4) is 0 Å². The molecule has 5 heteroatoms. The third-order valence-corrected chi connectivity index (χ3v) is 2.68. The minimum Gasteiger partial charge on any atom is -0.313 e. The Morgan fingerprint density at radius 1 is 0.947 bits per heavy atom. The van der Waals surface area contributed by atoms with E-state index in [9.17, 15) is 9.59 Å². The van der Waals surface area contributed by atoms with Gasteiger partial charge in [-0.1, -0.05) is 60.1 Å². The van der Waals surface area contributed by atoms with E-state index in [1.165, 1.54) is 0 Å². The Bertz CT molecular complexity index is 595. The molecule has 2 rings (SSSR count). The maximum atomic E-state index is 12.2. The highest BCUT2D eigenvalue weighted by molar-refractivity contribution is 6.82. The van der Waals surface area contributed by atoms with Gasteiger partial charge in [-0.2, -0.15) is 0 Å². The molecule has 0 bridgehead atoms. The van der Waals surface area contributed by atoms with Gasteiger partial charge in [-0.05, 0) is 0 Å². The van der Waals surface area contributed by atoms with Gasteiger partial charge >= 0.3 is 0 Å². The summed E-state index contributed by atoms with van der Waals surface area (Å²) < 4.78 is 0. The van der Waals surface area contributed by atoms with Crippen LogP contribution in [0.25, 0.3) is 0 Å². The van der Waals surface area contributed by atoms with E-state index < -0.39 is 5.87 Å². The van der Waals surface area contributed by atoms with Crippen molar-refractivity contribution in [3.63, 3.8) is 0 Å². The Morgan fingerprint density at radius 2 is 1.63 bits per heavy atom. The van der Waals surface area contributed by atoms with Gasteiger partial charge in [-0.25, -0.2) is 5.26 Å². The van der Waals surface area contributed by atoms with Crippen LogP contribution < -0.4 is 5.46 Å². The zero-order valence-corrected chi connectivity index (χ0v) is 10.1. The molecule has 2 aromatic carbocycles. The standard InChI is InChI=1S/C14H11BO4/c16-13(10-5-2-1-3-6-10)11-7-4-8-12(9-11)15-14(17)19-18/h1-9,15,18H. The van der Waals surface area contributed by atoms with Crippen molar-refractivity contribution in [2.45, 2.75) is 0 Å². The van der Waals surface area contributed by atoms with Crippen LogP contribution >= 0.6 is 0 Å². The molecular formula is C14H11BO4. The number of rotatable bonds is 4. The number of benzene rings is 2. The summed E-state index contributed by atoms with van der Waals surface area (Å²) in [6.45, 7) is 0. The summed E-state index contributed by atoms with van der Waals surface area (Å²) in [6, 6.07) is 15.6. The lowest BCUT2D eigenvalue weighted by atomic mass is 9.70. The van der Waals surface area contributed by atoms with Gasteiger partial charge < -0.3 is 4.89 Å². The zero-order valence-electron chi connectivity index (χ0n) is 10.1. The van der Waals surface area contributed by atoms with Gasteiger partial charge in [0, 0.05) is 11.1 Å². The first-order chi connectivity index (χ1) is 9.20. The lowest BCUT2D eigenvalue weighted by Crippen LogP contribution is -2.24. The van der Waals surface area contributed by atoms with Gasteiger partial charge in [0.15, 0.2) is 5.78 Å². The smallest absolute Gasteiger partial charge is 0.298 e. The van der Waals surface area contributed by atoms with Crippen LogP contribution in [0.1, 0.15) is 15.9 Å². The number of carbonyl (C=O) groups is 2. The van der Waals surface area contributed by atoms with Gasteiger partial charge in [-0.3, -0.25) is 9.59 Å². The predicted molar refractivity (Wildman–Crippen MR) is 72.2 cm³/mol. The summed E-state index contributed by atoms with van der Waals surface area (Å²) in [7, 11) is -0.0770. The lowest BCUT2D eigenvalue weighted by molar-refractivity contribution is -0.167. The zero-order chi connectivity index (χ0) is 13.7. The molecule has 0 aromatic heterocycles. The highest BCUT2D eigenvalue weighted by Gasteiger charge is 2.12. The molecule has 0 spiro atoms. The molecule has 19 heavy (non-hydrogen) atoms. The Hall–Kier alpha value is -2.40. The molecule has 4 nitrogen and oxygen atoms in total. The van der Waals surface area contributed by atoms with Crippen LogP contribution in [0, 0.1) is 0 Å². The van der Waals surface area contributed by atoms with E-state index >= 15 is 0 Å². The van der Waals surface area contributed by atoms with Crippen LogP contribution in [-0.2, 0) is 4.89 Å². The molecule has 0 amide bonds. The number of ketones is 1. The topological polar surface area (TPSA) is 63.6 Å². The first kappa shape index (κ1) is 13.0. The van der Waals surface area contributed by atoms with E-state index in [0.29, 0.717) is 16.6 Å². The van der Waals surface area contributed by atoms with Crippen molar-refractivity contribution in [3.05, 3.63) is 65.7 Å². The van der Waals surface area contributed by atoms with Gasteiger partial charge in [0.25, 0.3) is 13.1 Å². The fraction of sp³-hybridized carbons (Fsp3) is 0. The molecule has 0 atom stereocenters. The fourth-order valence-corrected chi connectivity index (χ4v) is 1.78. The van der Waals surface area contributed by atoms with Crippen molar-refractivity contribution in [1.29, 1.82) is 0 Å². The molecule has 0 aliphatic rings. The van der Waals surface area contributed by atoms with Crippen molar-refractivity contribution < 1.29 is 19.7 Å². The summed E-state index contributed by atoms with van der Waals surface area (Å²) in [6.07, 6.45) is 0. The molecular weight excluding hydrogens is 243 g/mol. The predicted octanol–water partition coefficient (Wildman–Crippen LogP) is 1.59. The van der Waals surface area contributed by atoms with Gasteiger partial charge in [0.05, 0.1) is 0 Å². The molecule has 0 heterocycles. The van der Waals surface area contributed by atoms with E-state index in [0.717, 1.165) is 0 Å². The van der Waals surface area contributed by atoms with Crippen LogP contribution in [0.15, 0.2) is 54.6 Å². The highest BCUT2D eigenvalue weighted by atomic mass is 17.1. The first-order valence-electron chi connectivity index (χ1n) is 5.73. The normalized spacial score (nSPS) is 9.74. The Morgan fingerprint density at radius 3 is 2.32 bits per heavy atom. The van der Waals surface area contributed by atoms with E-state index in [2.05, 4.69) is 4.89 Å². The quantitative estimate of drug-likeness (QED) is 0.389. The minimum absolute atomic E-state index is 0.0770. The SMILES string of the molecule is O=C(Bc1cccc(C(=O)c2ccccc2)c1)OO. The van der Waals surface area contributed by atoms with Crippen LogP contribution in [0.2, 0.25) is 0 Å². The monoisotopic (exact) mass is 254 g/mol. The summed E-state index contributed by atoms with van der Waals surface area (Å²) in [5.41, 5.74) is 1.69. The van der Waals surface area contributed by atoms with Crippen LogP contribution in [-0.4, -0.2) is 24.2 Å². The van der Waals surface area contributed by atoms with Crippen molar-refractivity contribution in [2.75, 3.05) is 0 Å². The van der Waals surface area contributed by atoms with Crippen molar-refractivity contribution in [2.24, 2.45) is 0 Å². The number of hydrogen-bond donors (Lipinski definition) is 1. The summed E-state index contributed by atoms with van der Waals surface area (Å²) in [5.74, 6) is -0.871. The Kier molecular flexibility index (Phi) is 4.10. The Labute approximate surface area is 110 Å². The van der Waals surface area contributed by atoms with Crippen LogP contribution in [0.5, 0.6) is 0 Å². The molecule has 0 saturated carbocycles. The first-order valence-corrected chi connectivity index (χ1v) is 5.73. The molecule has 2 aromatic rings. The van der Waals surface area contributed by atoms with Crippen LogP contribution in [0.4, 0.5) is 4.79 Å². The highest BCUT2D eigenvalue weighted by Crippen LogP contribution is 2.08. The van der Waals surface area contributed by atoms with Crippen molar-refractivity contribution >= 4 is 24.4 Å². The molecule has 0 aliphatic carbocycles. The van der Waals surface area contributed by atoms with Gasteiger partial charge in [0.1, 0.15) is 0 Å². The third kappa shape index (κ3) is 3.30. The number of hydrogen-bond acceptors (Lipinski definition) is 4. The second-order valence-corrected chi connectivity index (χ2v) is 4.04. The minimum atomic E-state index is -0.760. The van der Waals surface area contributed by atoms with Gasteiger partial charge in [0.2, 0.25) is 0 Å². The largest absolute Gasteiger partial charge is 0.313 e. The molecule has 0 radical (unpaired) electrons. The second kappa shape index (κ2) is 5.97. The average Bonchev–Trinajstić information content (AvgIpc) is 2.47. The van der Waals surface area contributed by atoms with E-state index in [-0.39, 0.29) is 13.1 Å². The molecule has 94 valence electrons. The maximum Gasteiger partial charge on any atom is 0.298 e. The Balaban J connectivity index is 2.24. The van der Waals surface area contributed by atoms with E-state index in [4.69, 9.17) is 5.26 Å². The molecule has 0 unspecified atom stereocenters. The summed E-state index contributed by atoms with van der Waals surface area (Å²) >= 11 is 0. The van der Waals surface area contributed by atoms with Crippen molar-refractivity contribution in [3.8, 4) is 0 Å². The third-order valence-electron chi connectivity index (χ3n) is 2.68. The number of carbonyl (C=O) groups excluding carboxylic acids is 2. The summed E-state index contributed by atoms with van der Waals surface area (Å²) in [4.78, 5) is 26.8. The molecule has 0 fully saturated rings. The van der Waals surface area contributed by atoms with E-state index in [1.807, 2.05) is 6.07 Å².